The minimum absolute atomic E-state index is 0.0619. The highest BCUT2D eigenvalue weighted by molar-refractivity contribution is 5.92. The van der Waals surface area contributed by atoms with E-state index in [1.807, 2.05) is 60.7 Å². The molecule has 0 unspecified atom stereocenters. The van der Waals surface area contributed by atoms with Crippen molar-refractivity contribution in [2.75, 3.05) is 25.1 Å². The highest BCUT2D eigenvalue weighted by Crippen LogP contribution is 2.35. The van der Waals surface area contributed by atoms with Crippen molar-refractivity contribution in [1.29, 1.82) is 0 Å². The number of hydrogen-bond donors (Lipinski definition) is 2. The monoisotopic (exact) mass is 429 g/mol. The molecule has 0 fully saturated rings. The van der Waals surface area contributed by atoms with Crippen molar-refractivity contribution in [2.45, 2.75) is 13.3 Å². The molecular formula is C25H23N3O4. The molecular weight excluding hydrogens is 406 g/mol. The lowest BCUT2D eigenvalue weighted by Gasteiger charge is -2.17. The largest absolute Gasteiger partial charge is 0.486 e. The average molecular weight is 429 g/mol. The first-order valence-electron chi connectivity index (χ1n) is 10.6. The molecule has 4 aromatic rings. The van der Waals surface area contributed by atoms with Gasteiger partial charge in [-0.2, -0.15) is 0 Å². The number of aromatic nitrogens is 2. The first kappa shape index (κ1) is 19.9. The van der Waals surface area contributed by atoms with Crippen LogP contribution in [0.1, 0.15) is 12.5 Å². The molecule has 3 aromatic carbocycles. The normalized spacial score (nSPS) is 12.5. The molecule has 0 saturated carbocycles. The van der Waals surface area contributed by atoms with E-state index >= 15 is 0 Å². The Morgan fingerprint density at radius 3 is 2.72 bits per heavy atom. The topological polar surface area (TPSA) is 85.5 Å². The summed E-state index contributed by atoms with van der Waals surface area (Å²) in [5, 5.41) is 2.88. The number of nitrogens with one attached hydrogen (secondary N) is 2. The van der Waals surface area contributed by atoms with Crippen LogP contribution >= 0.6 is 0 Å². The van der Waals surface area contributed by atoms with Crippen LogP contribution in [0, 0.1) is 0 Å². The Bertz CT molecular complexity index is 1240. The molecule has 162 valence electrons. The van der Waals surface area contributed by atoms with Crippen molar-refractivity contribution < 1.29 is 19.0 Å². The minimum atomic E-state index is -0.226. The Kier molecular flexibility index (Phi) is 5.37. The zero-order chi connectivity index (χ0) is 21.9. The number of H-pyrrole nitrogens is 1. The number of nitrogens with zero attached hydrogens (tertiary/aromatic N) is 1. The summed E-state index contributed by atoms with van der Waals surface area (Å²) in [6.07, 6.45) is 0.917. The van der Waals surface area contributed by atoms with Crippen LogP contribution in [0.25, 0.3) is 22.4 Å². The maximum atomic E-state index is 12.4. The quantitative estimate of drug-likeness (QED) is 0.469. The second-order valence-corrected chi connectivity index (χ2v) is 7.52. The number of rotatable bonds is 6. The van der Waals surface area contributed by atoms with Gasteiger partial charge in [0.05, 0.1) is 11.0 Å². The van der Waals surface area contributed by atoms with E-state index in [9.17, 15) is 4.79 Å². The van der Waals surface area contributed by atoms with Crippen LogP contribution in [0.3, 0.4) is 0 Å². The van der Waals surface area contributed by atoms with Gasteiger partial charge in [0.1, 0.15) is 24.8 Å². The second-order valence-electron chi connectivity index (χ2n) is 7.52. The average Bonchev–Trinajstić information content (AvgIpc) is 3.24. The van der Waals surface area contributed by atoms with Gasteiger partial charge < -0.3 is 24.5 Å². The molecule has 32 heavy (non-hydrogen) atoms. The Hall–Kier alpha value is -4.00. The number of imidazole rings is 1. The van der Waals surface area contributed by atoms with Gasteiger partial charge in [-0.25, -0.2) is 4.98 Å². The summed E-state index contributed by atoms with van der Waals surface area (Å²) in [7, 11) is 0. The number of benzene rings is 3. The molecule has 2 N–H and O–H groups in total. The predicted molar refractivity (Wildman–Crippen MR) is 122 cm³/mol. The van der Waals surface area contributed by atoms with Crippen LogP contribution in [-0.4, -0.2) is 35.7 Å². The number of ether oxygens (including phenoxy) is 3. The number of carbonyl (C=O) groups is 1. The summed E-state index contributed by atoms with van der Waals surface area (Å²) in [5.74, 6) is 2.57. The third kappa shape index (κ3) is 4.23. The van der Waals surface area contributed by atoms with E-state index in [4.69, 9.17) is 14.2 Å². The second kappa shape index (κ2) is 8.63. The first-order chi connectivity index (χ1) is 15.7. The molecule has 1 aliphatic rings. The van der Waals surface area contributed by atoms with Crippen LogP contribution in [-0.2, 0) is 11.2 Å². The van der Waals surface area contributed by atoms with E-state index in [0.29, 0.717) is 42.0 Å². The Balaban J connectivity index is 1.29. The number of hydrogen-bond acceptors (Lipinski definition) is 5. The van der Waals surface area contributed by atoms with Gasteiger partial charge in [-0.15, -0.1) is 0 Å². The third-order valence-electron chi connectivity index (χ3n) is 5.24. The Labute approximate surface area is 185 Å². The van der Waals surface area contributed by atoms with Crippen LogP contribution in [0.5, 0.6) is 17.2 Å². The van der Waals surface area contributed by atoms with Gasteiger partial charge in [0.2, 0.25) is 0 Å². The maximum Gasteiger partial charge on any atom is 0.262 e. The summed E-state index contributed by atoms with van der Waals surface area (Å²) in [6.45, 7) is 3.09. The zero-order valence-corrected chi connectivity index (χ0v) is 17.7. The molecule has 1 aliphatic heterocycles. The Morgan fingerprint density at radius 2 is 1.88 bits per heavy atom. The number of anilines is 1. The summed E-state index contributed by atoms with van der Waals surface area (Å²) in [6, 6.07) is 19.1. The van der Waals surface area contributed by atoms with Crippen molar-refractivity contribution >= 4 is 22.6 Å². The lowest BCUT2D eigenvalue weighted by molar-refractivity contribution is -0.118. The molecule has 7 nitrogen and oxygen atoms in total. The number of aryl methyl sites for hydroxylation is 1. The van der Waals surface area contributed by atoms with E-state index in [1.54, 1.807) is 0 Å². The van der Waals surface area contributed by atoms with E-state index in [2.05, 4.69) is 22.2 Å². The van der Waals surface area contributed by atoms with Crippen molar-refractivity contribution in [3.8, 4) is 28.6 Å². The molecule has 0 spiro atoms. The van der Waals surface area contributed by atoms with Gasteiger partial charge in [0, 0.05) is 23.4 Å². The fourth-order valence-electron chi connectivity index (χ4n) is 3.63. The smallest absolute Gasteiger partial charge is 0.262 e. The molecule has 2 heterocycles. The number of amides is 1. The fourth-order valence-corrected chi connectivity index (χ4v) is 3.63. The van der Waals surface area contributed by atoms with E-state index in [0.717, 1.165) is 23.0 Å². The van der Waals surface area contributed by atoms with Crippen LogP contribution in [0.4, 0.5) is 5.69 Å². The third-order valence-corrected chi connectivity index (χ3v) is 5.24. The maximum absolute atomic E-state index is 12.4. The summed E-state index contributed by atoms with van der Waals surface area (Å²) >= 11 is 0. The lowest BCUT2D eigenvalue weighted by Crippen LogP contribution is -2.20. The Morgan fingerprint density at radius 1 is 1.06 bits per heavy atom. The van der Waals surface area contributed by atoms with E-state index in [-0.39, 0.29) is 12.5 Å². The van der Waals surface area contributed by atoms with Crippen LogP contribution < -0.4 is 19.5 Å². The zero-order valence-electron chi connectivity index (χ0n) is 17.7. The molecule has 0 saturated heterocycles. The lowest BCUT2D eigenvalue weighted by atomic mass is 10.2. The van der Waals surface area contributed by atoms with E-state index < -0.39 is 0 Å². The number of carbonyl (C=O) groups excluding carboxylic acids is 1. The molecule has 0 aliphatic carbocycles. The molecule has 0 bridgehead atoms. The summed E-state index contributed by atoms with van der Waals surface area (Å²) < 4.78 is 16.9. The molecule has 7 heteroatoms. The summed E-state index contributed by atoms with van der Waals surface area (Å²) in [5.41, 5.74) is 4.35. The fraction of sp³-hybridized carbons (Fsp3) is 0.200. The van der Waals surface area contributed by atoms with Crippen LogP contribution in [0.2, 0.25) is 0 Å². The van der Waals surface area contributed by atoms with E-state index in [1.165, 1.54) is 5.56 Å². The number of aromatic amines is 1. The highest BCUT2D eigenvalue weighted by Gasteiger charge is 2.15. The van der Waals surface area contributed by atoms with Crippen molar-refractivity contribution in [3.05, 3.63) is 66.2 Å². The predicted octanol–water partition coefficient (Wildman–Crippen LogP) is 4.58. The van der Waals surface area contributed by atoms with Gasteiger partial charge >= 0.3 is 0 Å². The standard InChI is InChI=1S/C25H23N3O4/c1-2-16-5-3-8-19(11-16)32-15-24(29)26-18-7-4-6-17(12-18)25-27-20-13-22-23(14-21(20)28-25)31-10-9-30-22/h3-8,11-14H,2,9-10,15H2,1H3,(H,26,29)(H,27,28). The van der Waals surface area contributed by atoms with Crippen molar-refractivity contribution in [2.24, 2.45) is 0 Å². The molecule has 1 aromatic heterocycles. The first-order valence-corrected chi connectivity index (χ1v) is 10.6. The molecule has 5 rings (SSSR count). The van der Waals surface area contributed by atoms with Crippen molar-refractivity contribution in [1.82, 2.24) is 9.97 Å². The highest BCUT2D eigenvalue weighted by atomic mass is 16.6. The van der Waals surface area contributed by atoms with Crippen LogP contribution in [0.15, 0.2) is 60.7 Å². The molecule has 1 amide bonds. The van der Waals surface area contributed by atoms with Gasteiger partial charge in [-0.1, -0.05) is 31.2 Å². The van der Waals surface area contributed by atoms with Gasteiger partial charge in [-0.05, 0) is 36.2 Å². The van der Waals surface area contributed by atoms with Gasteiger partial charge in [0.15, 0.2) is 18.1 Å². The number of fused-ring (bicyclic) bond motifs is 2. The molecule has 0 atom stereocenters. The van der Waals surface area contributed by atoms with Gasteiger partial charge in [-0.3, -0.25) is 4.79 Å². The summed E-state index contributed by atoms with van der Waals surface area (Å²) in [4.78, 5) is 20.4. The minimum Gasteiger partial charge on any atom is -0.486 e. The molecule has 0 radical (unpaired) electrons. The van der Waals surface area contributed by atoms with Gasteiger partial charge in [0.25, 0.3) is 5.91 Å². The van der Waals surface area contributed by atoms with Crippen molar-refractivity contribution in [3.63, 3.8) is 0 Å². The SMILES string of the molecule is CCc1cccc(OCC(=O)Nc2cccc(-c3nc4cc5c(cc4[nH]3)OCCO5)c2)c1.